The SMILES string of the molecule is C[C@@H](Cn1cccn1)C(=O)N1CCc2[nH]nc(-c3ccc4c(c3)OCO4)c2C1. The van der Waals surface area contributed by atoms with Crippen LogP contribution in [0.3, 0.4) is 0 Å². The molecule has 5 rings (SSSR count). The van der Waals surface area contributed by atoms with E-state index in [9.17, 15) is 4.79 Å². The van der Waals surface area contributed by atoms with Crippen molar-refractivity contribution in [1.29, 1.82) is 0 Å². The Morgan fingerprint density at radius 1 is 1.32 bits per heavy atom. The van der Waals surface area contributed by atoms with Gasteiger partial charge in [0.25, 0.3) is 0 Å². The van der Waals surface area contributed by atoms with Gasteiger partial charge in [-0.05, 0) is 24.3 Å². The van der Waals surface area contributed by atoms with E-state index in [2.05, 4.69) is 15.3 Å². The Morgan fingerprint density at radius 3 is 3.07 bits per heavy atom. The van der Waals surface area contributed by atoms with Gasteiger partial charge >= 0.3 is 0 Å². The number of hydrogen-bond donors (Lipinski definition) is 1. The second-order valence-corrected chi connectivity index (χ2v) is 7.24. The van der Waals surface area contributed by atoms with Crippen LogP contribution < -0.4 is 9.47 Å². The number of aromatic nitrogens is 4. The minimum Gasteiger partial charge on any atom is -0.454 e. The quantitative estimate of drug-likeness (QED) is 0.751. The number of rotatable bonds is 4. The number of benzene rings is 1. The molecule has 8 nitrogen and oxygen atoms in total. The van der Waals surface area contributed by atoms with E-state index in [0.29, 0.717) is 19.6 Å². The van der Waals surface area contributed by atoms with E-state index in [4.69, 9.17) is 9.47 Å². The minimum atomic E-state index is -0.137. The number of aromatic amines is 1. The smallest absolute Gasteiger partial charge is 0.231 e. The number of H-pyrrole nitrogens is 1. The molecule has 0 saturated carbocycles. The third-order valence-corrected chi connectivity index (χ3v) is 5.33. The lowest BCUT2D eigenvalue weighted by Crippen LogP contribution is -2.40. The Balaban J connectivity index is 1.37. The Labute approximate surface area is 162 Å². The maximum atomic E-state index is 13.0. The van der Waals surface area contributed by atoms with Crippen LogP contribution in [0.15, 0.2) is 36.7 Å². The molecule has 1 N–H and O–H groups in total. The molecule has 0 saturated heterocycles. The number of nitrogens with zero attached hydrogens (tertiary/aromatic N) is 4. The van der Waals surface area contributed by atoms with Gasteiger partial charge in [-0.3, -0.25) is 14.6 Å². The molecular formula is C20H21N5O3. The highest BCUT2D eigenvalue weighted by Gasteiger charge is 2.29. The first-order chi connectivity index (χ1) is 13.7. The van der Waals surface area contributed by atoms with Crippen LogP contribution in [-0.2, 0) is 24.3 Å². The molecule has 2 aliphatic rings. The summed E-state index contributed by atoms with van der Waals surface area (Å²) in [6.45, 7) is 4.02. The number of fused-ring (bicyclic) bond motifs is 2. The molecule has 2 aromatic heterocycles. The van der Waals surface area contributed by atoms with E-state index in [1.807, 2.05) is 42.3 Å². The molecule has 0 radical (unpaired) electrons. The number of hydrogen-bond acceptors (Lipinski definition) is 5. The fraction of sp³-hybridized carbons (Fsp3) is 0.350. The first-order valence-corrected chi connectivity index (χ1v) is 9.41. The average Bonchev–Trinajstić information content (AvgIpc) is 3.46. The van der Waals surface area contributed by atoms with E-state index in [1.165, 1.54) is 0 Å². The molecule has 1 aromatic carbocycles. The van der Waals surface area contributed by atoms with Crippen LogP contribution in [0.25, 0.3) is 11.3 Å². The summed E-state index contributed by atoms with van der Waals surface area (Å²) in [5.74, 6) is 1.48. The summed E-state index contributed by atoms with van der Waals surface area (Å²) < 4.78 is 12.7. The van der Waals surface area contributed by atoms with Crippen molar-refractivity contribution in [2.24, 2.45) is 5.92 Å². The molecule has 0 fully saturated rings. The fourth-order valence-electron chi connectivity index (χ4n) is 3.84. The fourth-order valence-corrected chi connectivity index (χ4v) is 3.84. The van der Waals surface area contributed by atoms with Crippen molar-refractivity contribution >= 4 is 5.91 Å². The number of carbonyl (C=O) groups is 1. The molecule has 3 aromatic rings. The van der Waals surface area contributed by atoms with Crippen LogP contribution in [0.1, 0.15) is 18.2 Å². The van der Waals surface area contributed by atoms with Crippen molar-refractivity contribution in [2.45, 2.75) is 26.4 Å². The molecular weight excluding hydrogens is 358 g/mol. The highest BCUT2D eigenvalue weighted by atomic mass is 16.7. The molecule has 28 heavy (non-hydrogen) atoms. The molecule has 4 heterocycles. The lowest BCUT2D eigenvalue weighted by molar-refractivity contribution is -0.136. The van der Waals surface area contributed by atoms with E-state index in [0.717, 1.165) is 40.4 Å². The monoisotopic (exact) mass is 379 g/mol. The van der Waals surface area contributed by atoms with E-state index in [1.54, 1.807) is 10.9 Å². The zero-order chi connectivity index (χ0) is 19.1. The van der Waals surface area contributed by atoms with Gasteiger partial charge < -0.3 is 14.4 Å². The van der Waals surface area contributed by atoms with Crippen molar-refractivity contribution in [2.75, 3.05) is 13.3 Å². The number of nitrogens with one attached hydrogen (secondary N) is 1. The molecule has 1 atom stereocenters. The summed E-state index contributed by atoms with van der Waals surface area (Å²) in [6.07, 6.45) is 4.38. The van der Waals surface area contributed by atoms with Gasteiger partial charge in [0.05, 0.1) is 18.2 Å². The van der Waals surface area contributed by atoms with Crippen molar-refractivity contribution in [3.63, 3.8) is 0 Å². The van der Waals surface area contributed by atoms with Gasteiger partial charge in [0, 0.05) is 48.7 Å². The number of ether oxygens (including phenoxy) is 2. The summed E-state index contributed by atoms with van der Waals surface area (Å²) in [5, 5.41) is 11.9. The van der Waals surface area contributed by atoms with Crippen LogP contribution >= 0.6 is 0 Å². The van der Waals surface area contributed by atoms with Gasteiger partial charge in [-0.2, -0.15) is 10.2 Å². The Morgan fingerprint density at radius 2 is 2.21 bits per heavy atom. The predicted octanol–water partition coefficient (Wildman–Crippen LogP) is 2.22. The second kappa shape index (κ2) is 6.70. The second-order valence-electron chi connectivity index (χ2n) is 7.24. The average molecular weight is 379 g/mol. The van der Waals surface area contributed by atoms with Gasteiger partial charge in [-0.25, -0.2) is 0 Å². The number of carbonyl (C=O) groups excluding carboxylic acids is 1. The van der Waals surface area contributed by atoms with Gasteiger partial charge in [-0.1, -0.05) is 6.92 Å². The van der Waals surface area contributed by atoms with Crippen LogP contribution in [0, 0.1) is 5.92 Å². The molecule has 2 aliphatic heterocycles. The molecule has 0 unspecified atom stereocenters. The lowest BCUT2D eigenvalue weighted by atomic mass is 9.99. The predicted molar refractivity (Wildman–Crippen MR) is 101 cm³/mol. The van der Waals surface area contributed by atoms with Gasteiger partial charge in [0.1, 0.15) is 0 Å². The van der Waals surface area contributed by atoms with Crippen molar-refractivity contribution in [3.05, 3.63) is 47.9 Å². The Bertz CT molecular complexity index is 1010. The van der Waals surface area contributed by atoms with Crippen molar-refractivity contribution < 1.29 is 14.3 Å². The highest BCUT2D eigenvalue weighted by Crippen LogP contribution is 2.37. The van der Waals surface area contributed by atoms with Crippen LogP contribution in [0.2, 0.25) is 0 Å². The summed E-state index contributed by atoms with van der Waals surface area (Å²) >= 11 is 0. The van der Waals surface area contributed by atoms with E-state index in [-0.39, 0.29) is 18.6 Å². The number of amides is 1. The zero-order valence-electron chi connectivity index (χ0n) is 15.6. The first kappa shape index (κ1) is 16.9. The Kier molecular flexibility index (Phi) is 4.03. The molecule has 0 bridgehead atoms. The third kappa shape index (κ3) is 2.90. The van der Waals surface area contributed by atoms with Gasteiger partial charge in [-0.15, -0.1) is 0 Å². The Hall–Kier alpha value is -3.29. The third-order valence-electron chi connectivity index (χ3n) is 5.33. The summed E-state index contributed by atoms with van der Waals surface area (Å²) in [6, 6.07) is 7.69. The molecule has 144 valence electrons. The highest BCUT2D eigenvalue weighted by molar-refractivity contribution is 5.79. The van der Waals surface area contributed by atoms with Crippen LogP contribution in [-0.4, -0.2) is 44.1 Å². The lowest BCUT2D eigenvalue weighted by Gasteiger charge is -2.29. The maximum absolute atomic E-state index is 13.0. The van der Waals surface area contributed by atoms with Crippen LogP contribution in [0.5, 0.6) is 11.5 Å². The summed E-state index contributed by atoms with van der Waals surface area (Å²) in [7, 11) is 0. The molecule has 0 aliphatic carbocycles. The molecule has 0 spiro atoms. The first-order valence-electron chi connectivity index (χ1n) is 9.41. The molecule has 8 heteroatoms. The largest absolute Gasteiger partial charge is 0.454 e. The normalized spacial score (nSPS) is 16.1. The van der Waals surface area contributed by atoms with Crippen molar-refractivity contribution in [1.82, 2.24) is 24.9 Å². The standard InChI is InChI=1S/C20H21N5O3/c1-13(10-25-7-2-6-21-25)20(26)24-8-5-16-15(11-24)19(23-22-16)14-3-4-17-18(9-14)28-12-27-17/h2-4,6-7,9,13H,5,8,10-12H2,1H3,(H,22,23)/t13-/m0/s1. The van der Waals surface area contributed by atoms with Gasteiger partial charge in [0.2, 0.25) is 12.7 Å². The van der Waals surface area contributed by atoms with Crippen molar-refractivity contribution in [3.8, 4) is 22.8 Å². The minimum absolute atomic E-state index is 0.137. The summed E-state index contributed by atoms with van der Waals surface area (Å²) in [4.78, 5) is 14.9. The van der Waals surface area contributed by atoms with E-state index < -0.39 is 0 Å². The maximum Gasteiger partial charge on any atom is 0.231 e. The topological polar surface area (TPSA) is 85.3 Å². The zero-order valence-corrected chi connectivity index (χ0v) is 15.6. The molecule has 1 amide bonds. The van der Waals surface area contributed by atoms with Gasteiger partial charge in [0.15, 0.2) is 11.5 Å². The van der Waals surface area contributed by atoms with E-state index >= 15 is 0 Å². The van der Waals surface area contributed by atoms with Crippen LogP contribution in [0.4, 0.5) is 0 Å². The summed E-state index contributed by atoms with van der Waals surface area (Å²) in [5.41, 5.74) is 3.99.